The second-order valence-corrected chi connectivity index (χ2v) is 7.01. The van der Waals surface area contributed by atoms with E-state index in [0.717, 1.165) is 11.4 Å². The molecule has 104 valence electrons. The quantitative estimate of drug-likeness (QED) is 0.894. The van der Waals surface area contributed by atoms with E-state index in [9.17, 15) is 4.79 Å². The lowest BCUT2D eigenvalue weighted by molar-refractivity contribution is -0.123. The molecule has 0 saturated heterocycles. The minimum atomic E-state index is -0.744. The van der Waals surface area contributed by atoms with Crippen molar-refractivity contribution in [3.05, 3.63) is 34.3 Å². The summed E-state index contributed by atoms with van der Waals surface area (Å²) < 4.78 is 0. The number of benzene rings is 1. The summed E-state index contributed by atoms with van der Waals surface area (Å²) in [5.74, 6) is -0.348. The van der Waals surface area contributed by atoms with Crippen molar-refractivity contribution in [1.82, 2.24) is 5.32 Å². The van der Waals surface area contributed by atoms with Gasteiger partial charge in [-0.15, -0.1) is 0 Å². The Bertz CT molecular complexity index is 523. The molecular formula is C15H21ClN2O. The summed E-state index contributed by atoms with van der Waals surface area (Å²) in [5, 5.41) is 4.12. The van der Waals surface area contributed by atoms with Crippen molar-refractivity contribution in [2.45, 2.75) is 45.7 Å². The zero-order valence-corrected chi connectivity index (χ0v) is 12.6. The molecule has 1 atom stereocenters. The average molecular weight is 281 g/mol. The number of rotatable bonds is 3. The van der Waals surface area contributed by atoms with Gasteiger partial charge in [0.1, 0.15) is 0 Å². The van der Waals surface area contributed by atoms with Crippen LogP contribution >= 0.6 is 11.6 Å². The number of primary amides is 1. The standard InChI is InChI=1S/C15H21ClN2O/c1-14(2)8-9-5-6-10(16)7-11(9)12(14)18-15(3,4)13(17)19/h5-7,12,18H,8H2,1-4H3,(H2,17,19). The van der Waals surface area contributed by atoms with E-state index in [-0.39, 0.29) is 17.4 Å². The van der Waals surface area contributed by atoms with Gasteiger partial charge in [0.15, 0.2) is 0 Å². The highest BCUT2D eigenvalue weighted by Gasteiger charge is 2.42. The summed E-state index contributed by atoms with van der Waals surface area (Å²) in [6, 6.07) is 6.04. The van der Waals surface area contributed by atoms with Gasteiger partial charge >= 0.3 is 0 Å². The number of nitrogens with two attached hydrogens (primary N) is 1. The third-order valence-corrected chi connectivity index (χ3v) is 4.20. The van der Waals surface area contributed by atoms with E-state index >= 15 is 0 Å². The molecule has 0 radical (unpaired) electrons. The Morgan fingerprint density at radius 1 is 1.47 bits per heavy atom. The van der Waals surface area contributed by atoms with Crippen LogP contribution in [0.3, 0.4) is 0 Å². The smallest absolute Gasteiger partial charge is 0.237 e. The summed E-state index contributed by atoms with van der Waals surface area (Å²) in [7, 11) is 0. The highest BCUT2D eigenvalue weighted by Crippen LogP contribution is 2.46. The van der Waals surface area contributed by atoms with Gasteiger partial charge in [-0.05, 0) is 48.9 Å². The summed E-state index contributed by atoms with van der Waals surface area (Å²) in [6.07, 6.45) is 0.964. The van der Waals surface area contributed by atoms with Gasteiger partial charge in [0.05, 0.1) is 5.54 Å². The third kappa shape index (κ3) is 2.63. The fourth-order valence-electron chi connectivity index (χ4n) is 2.71. The molecule has 3 N–H and O–H groups in total. The first-order valence-corrected chi connectivity index (χ1v) is 6.87. The summed E-state index contributed by atoms with van der Waals surface area (Å²) >= 11 is 6.10. The van der Waals surface area contributed by atoms with Crippen molar-refractivity contribution < 1.29 is 4.79 Å². The lowest BCUT2D eigenvalue weighted by Gasteiger charge is -2.35. The van der Waals surface area contributed by atoms with E-state index < -0.39 is 5.54 Å². The van der Waals surface area contributed by atoms with Gasteiger partial charge < -0.3 is 5.73 Å². The van der Waals surface area contributed by atoms with Gasteiger partial charge in [0.2, 0.25) is 5.91 Å². The van der Waals surface area contributed by atoms with Crippen LogP contribution in [0.15, 0.2) is 18.2 Å². The summed E-state index contributed by atoms with van der Waals surface area (Å²) in [4.78, 5) is 11.5. The number of nitrogens with one attached hydrogen (secondary N) is 1. The minimum Gasteiger partial charge on any atom is -0.368 e. The van der Waals surface area contributed by atoms with E-state index in [0.29, 0.717) is 0 Å². The fourth-order valence-corrected chi connectivity index (χ4v) is 2.90. The number of amides is 1. The van der Waals surface area contributed by atoms with Crippen LogP contribution in [0, 0.1) is 5.41 Å². The van der Waals surface area contributed by atoms with Crippen molar-refractivity contribution in [1.29, 1.82) is 0 Å². The zero-order chi connectivity index (χ0) is 14.4. The van der Waals surface area contributed by atoms with Gasteiger partial charge in [-0.2, -0.15) is 0 Å². The predicted molar refractivity (Wildman–Crippen MR) is 78.1 cm³/mol. The molecule has 0 heterocycles. The first-order valence-electron chi connectivity index (χ1n) is 6.49. The van der Waals surface area contributed by atoms with Crippen LogP contribution in [0.25, 0.3) is 0 Å². The molecule has 3 nitrogen and oxygen atoms in total. The normalized spacial score (nSPS) is 21.2. The van der Waals surface area contributed by atoms with Crippen molar-refractivity contribution in [2.24, 2.45) is 11.1 Å². The third-order valence-electron chi connectivity index (χ3n) is 3.97. The number of hydrogen-bond donors (Lipinski definition) is 2. The molecule has 1 aromatic carbocycles. The molecule has 1 unspecified atom stereocenters. The van der Waals surface area contributed by atoms with E-state index in [1.54, 1.807) is 0 Å². The van der Waals surface area contributed by atoms with E-state index in [2.05, 4.69) is 25.2 Å². The predicted octanol–water partition coefficient (Wildman–Crippen LogP) is 2.82. The zero-order valence-electron chi connectivity index (χ0n) is 11.9. The minimum absolute atomic E-state index is 0.0275. The molecule has 0 saturated carbocycles. The molecule has 0 fully saturated rings. The number of carbonyl (C=O) groups excluding carboxylic acids is 1. The van der Waals surface area contributed by atoms with Crippen LogP contribution in [0.5, 0.6) is 0 Å². The van der Waals surface area contributed by atoms with E-state index in [4.69, 9.17) is 17.3 Å². The van der Waals surface area contributed by atoms with Gasteiger partial charge in [-0.1, -0.05) is 31.5 Å². The van der Waals surface area contributed by atoms with Crippen LogP contribution in [-0.2, 0) is 11.2 Å². The molecule has 0 aromatic heterocycles. The maximum Gasteiger partial charge on any atom is 0.237 e. The lowest BCUT2D eigenvalue weighted by Crippen LogP contribution is -2.53. The van der Waals surface area contributed by atoms with Gasteiger partial charge in [0.25, 0.3) is 0 Å². The van der Waals surface area contributed by atoms with Crippen LogP contribution in [0.1, 0.15) is 44.9 Å². The largest absolute Gasteiger partial charge is 0.368 e. The molecule has 4 heteroatoms. The molecular weight excluding hydrogens is 260 g/mol. The van der Waals surface area contributed by atoms with Crippen LogP contribution in [-0.4, -0.2) is 11.4 Å². The Hall–Kier alpha value is -1.06. The molecule has 0 spiro atoms. The Morgan fingerprint density at radius 2 is 2.11 bits per heavy atom. The van der Waals surface area contributed by atoms with E-state index in [1.807, 2.05) is 26.0 Å². The van der Waals surface area contributed by atoms with Gasteiger partial charge in [0, 0.05) is 11.1 Å². The molecule has 1 aliphatic rings. The summed E-state index contributed by atoms with van der Waals surface area (Å²) in [6.45, 7) is 8.01. The second-order valence-electron chi connectivity index (χ2n) is 6.58. The SMILES string of the molecule is CC(C)(NC1c2cc(Cl)ccc2CC1(C)C)C(N)=O. The number of carbonyl (C=O) groups is 1. The molecule has 0 bridgehead atoms. The molecule has 2 rings (SSSR count). The number of halogens is 1. The van der Waals surface area contributed by atoms with Crippen molar-refractivity contribution in [3.8, 4) is 0 Å². The van der Waals surface area contributed by atoms with Crippen LogP contribution in [0.4, 0.5) is 0 Å². The van der Waals surface area contributed by atoms with Gasteiger partial charge in [-0.25, -0.2) is 0 Å². The first kappa shape index (κ1) is 14.4. The molecule has 1 aliphatic carbocycles. The second kappa shape index (κ2) is 4.50. The Balaban J connectivity index is 2.39. The topological polar surface area (TPSA) is 55.1 Å². The van der Waals surface area contributed by atoms with Crippen molar-refractivity contribution in [2.75, 3.05) is 0 Å². The molecule has 1 amide bonds. The van der Waals surface area contributed by atoms with Crippen LogP contribution < -0.4 is 11.1 Å². The monoisotopic (exact) mass is 280 g/mol. The van der Waals surface area contributed by atoms with Crippen molar-refractivity contribution in [3.63, 3.8) is 0 Å². The van der Waals surface area contributed by atoms with E-state index in [1.165, 1.54) is 11.1 Å². The van der Waals surface area contributed by atoms with Gasteiger partial charge in [-0.3, -0.25) is 10.1 Å². The van der Waals surface area contributed by atoms with Crippen LogP contribution in [0.2, 0.25) is 5.02 Å². The number of hydrogen-bond acceptors (Lipinski definition) is 2. The first-order chi connectivity index (χ1) is 8.63. The fraction of sp³-hybridized carbons (Fsp3) is 0.533. The average Bonchev–Trinajstić information content (AvgIpc) is 2.50. The van der Waals surface area contributed by atoms with Crippen molar-refractivity contribution >= 4 is 17.5 Å². The highest BCUT2D eigenvalue weighted by atomic mass is 35.5. The highest BCUT2D eigenvalue weighted by molar-refractivity contribution is 6.30. The summed E-state index contributed by atoms with van der Waals surface area (Å²) in [5.41, 5.74) is 7.20. The molecule has 1 aromatic rings. The lowest BCUT2D eigenvalue weighted by atomic mass is 9.83. The Labute approximate surface area is 119 Å². The molecule has 0 aliphatic heterocycles. The maximum atomic E-state index is 11.5. The Kier molecular flexibility index (Phi) is 3.40. The molecule has 19 heavy (non-hydrogen) atoms. The maximum absolute atomic E-state index is 11.5. The number of fused-ring (bicyclic) bond motifs is 1. The Morgan fingerprint density at radius 3 is 2.68 bits per heavy atom.